The molecule has 0 unspecified atom stereocenters. The van der Waals surface area contributed by atoms with Crippen molar-refractivity contribution in [3.63, 3.8) is 0 Å². The van der Waals surface area contributed by atoms with E-state index in [1.807, 2.05) is 25.2 Å². The summed E-state index contributed by atoms with van der Waals surface area (Å²) in [6.45, 7) is 0.875. The van der Waals surface area contributed by atoms with Gasteiger partial charge in [0.1, 0.15) is 17.6 Å². The lowest BCUT2D eigenvalue weighted by Crippen LogP contribution is -2.32. The summed E-state index contributed by atoms with van der Waals surface area (Å²) in [6, 6.07) is 14.5. The molecule has 2 aromatic carbocycles. The Morgan fingerprint density at radius 1 is 1.14 bits per heavy atom. The third-order valence-corrected chi connectivity index (χ3v) is 3.95. The maximum Gasteiger partial charge on any atom is 0.130 e. The minimum Gasteiger partial charge on any atom is -0.496 e. The molecule has 1 heterocycles. The summed E-state index contributed by atoms with van der Waals surface area (Å²) in [6.07, 6.45) is 2.35. The van der Waals surface area contributed by atoms with Gasteiger partial charge in [-0.3, -0.25) is 0 Å². The van der Waals surface area contributed by atoms with Crippen molar-refractivity contribution in [1.29, 1.82) is 0 Å². The van der Waals surface area contributed by atoms with Gasteiger partial charge in [0.2, 0.25) is 0 Å². The molecule has 3 rings (SSSR count). The van der Waals surface area contributed by atoms with Crippen LogP contribution in [0.3, 0.4) is 0 Å². The van der Waals surface area contributed by atoms with E-state index < -0.39 is 0 Å². The number of fused-ring (bicyclic) bond motifs is 1. The molecule has 0 saturated carbocycles. The number of rotatable bonds is 4. The number of para-hydroxylation sites is 2. The normalized spacial score (nSPS) is 17.0. The number of ether oxygens (including phenoxy) is 2. The summed E-state index contributed by atoms with van der Waals surface area (Å²) in [5.74, 6) is 1.89. The number of hydrogen-bond acceptors (Lipinski definition) is 3. The van der Waals surface area contributed by atoms with E-state index in [4.69, 9.17) is 9.47 Å². The second kappa shape index (κ2) is 6.19. The molecule has 0 spiro atoms. The Morgan fingerprint density at radius 3 is 2.76 bits per heavy atom. The fourth-order valence-corrected chi connectivity index (χ4v) is 2.91. The molecule has 1 aliphatic rings. The Morgan fingerprint density at radius 2 is 1.95 bits per heavy atom. The molecule has 1 atom stereocenters. The van der Waals surface area contributed by atoms with Crippen LogP contribution in [-0.2, 0) is 6.42 Å². The molecule has 2 aromatic rings. The van der Waals surface area contributed by atoms with Crippen molar-refractivity contribution >= 4 is 0 Å². The van der Waals surface area contributed by atoms with Crippen molar-refractivity contribution in [1.82, 2.24) is 5.32 Å². The first-order valence-corrected chi connectivity index (χ1v) is 7.40. The highest BCUT2D eigenvalue weighted by atomic mass is 16.5. The van der Waals surface area contributed by atoms with Crippen molar-refractivity contribution in [3.8, 4) is 22.6 Å². The Labute approximate surface area is 125 Å². The fourth-order valence-electron chi connectivity index (χ4n) is 2.91. The highest BCUT2D eigenvalue weighted by Crippen LogP contribution is 2.41. The van der Waals surface area contributed by atoms with E-state index in [0.717, 1.165) is 42.0 Å². The zero-order valence-corrected chi connectivity index (χ0v) is 12.6. The first-order chi connectivity index (χ1) is 10.3. The molecule has 0 radical (unpaired) electrons. The third kappa shape index (κ3) is 2.74. The number of nitrogens with one attached hydrogen (secondary N) is 1. The van der Waals surface area contributed by atoms with Crippen molar-refractivity contribution < 1.29 is 9.47 Å². The highest BCUT2D eigenvalue weighted by molar-refractivity contribution is 5.77. The number of likely N-dealkylation sites (N-methyl/N-ethyl adjacent to an activating group) is 1. The van der Waals surface area contributed by atoms with Gasteiger partial charge in [-0.1, -0.05) is 36.4 Å². The van der Waals surface area contributed by atoms with Crippen LogP contribution in [0.1, 0.15) is 12.0 Å². The van der Waals surface area contributed by atoms with Gasteiger partial charge >= 0.3 is 0 Å². The molecule has 3 heteroatoms. The maximum absolute atomic E-state index is 6.24. The topological polar surface area (TPSA) is 30.5 Å². The number of aryl methyl sites for hydroxylation is 1. The maximum atomic E-state index is 6.24. The van der Waals surface area contributed by atoms with Crippen molar-refractivity contribution in [2.24, 2.45) is 0 Å². The van der Waals surface area contributed by atoms with E-state index in [-0.39, 0.29) is 6.10 Å². The van der Waals surface area contributed by atoms with Crippen LogP contribution < -0.4 is 14.8 Å². The highest BCUT2D eigenvalue weighted by Gasteiger charge is 2.23. The second-order valence-electron chi connectivity index (χ2n) is 5.33. The lowest BCUT2D eigenvalue weighted by molar-refractivity contribution is 0.174. The first kappa shape index (κ1) is 14.0. The number of hydrogen-bond donors (Lipinski definition) is 1. The lowest BCUT2D eigenvalue weighted by atomic mass is 9.95. The first-order valence-electron chi connectivity index (χ1n) is 7.40. The molecule has 0 fully saturated rings. The van der Waals surface area contributed by atoms with E-state index in [1.165, 1.54) is 5.56 Å². The minimum atomic E-state index is 0.235. The van der Waals surface area contributed by atoms with Gasteiger partial charge in [0.05, 0.1) is 7.11 Å². The van der Waals surface area contributed by atoms with E-state index in [9.17, 15) is 0 Å². The largest absolute Gasteiger partial charge is 0.496 e. The van der Waals surface area contributed by atoms with E-state index in [0.29, 0.717) is 0 Å². The monoisotopic (exact) mass is 283 g/mol. The Bertz CT molecular complexity index is 624. The van der Waals surface area contributed by atoms with Crippen LogP contribution in [0.4, 0.5) is 0 Å². The van der Waals surface area contributed by atoms with Crippen molar-refractivity contribution in [2.45, 2.75) is 18.9 Å². The quantitative estimate of drug-likeness (QED) is 0.934. The summed E-state index contributed by atoms with van der Waals surface area (Å²) in [7, 11) is 3.67. The molecule has 0 aromatic heterocycles. The van der Waals surface area contributed by atoms with Gasteiger partial charge in [-0.2, -0.15) is 0 Å². The molecular weight excluding hydrogens is 262 g/mol. The molecule has 1 N–H and O–H groups in total. The Kier molecular flexibility index (Phi) is 4.11. The van der Waals surface area contributed by atoms with Crippen LogP contribution in [0.25, 0.3) is 11.1 Å². The minimum absolute atomic E-state index is 0.235. The van der Waals surface area contributed by atoms with E-state index in [2.05, 4.69) is 29.6 Å². The molecular formula is C18H21NO2. The summed E-state index contributed by atoms with van der Waals surface area (Å²) < 4.78 is 11.7. The van der Waals surface area contributed by atoms with Crippen molar-refractivity contribution in [3.05, 3.63) is 48.0 Å². The molecule has 0 bridgehead atoms. The molecule has 1 aliphatic heterocycles. The van der Waals surface area contributed by atoms with Crippen LogP contribution in [0.2, 0.25) is 0 Å². The Balaban J connectivity index is 2.04. The van der Waals surface area contributed by atoms with Crippen LogP contribution in [0, 0.1) is 0 Å². The zero-order chi connectivity index (χ0) is 14.7. The van der Waals surface area contributed by atoms with Gasteiger partial charge in [0.25, 0.3) is 0 Å². The standard InChI is InChI=1S/C18H21NO2/c1-19-12-14-11-10-13-6-5-8-16(18(13)21-14)15-7-3-4-9-17(15)20-2/h3-9,14,19H,10-12H2,1-2H3/t14-/m0/s1. The van der Waals surface area contributed by atoms with Crippen LogP contribution in [-0.4, -0.2) is 26.8 Å². The predicted octanol–water partition coefficient (Wildman–Crippen LogP) is 3.28. The summed E-state index contributed by atoms with van der Waals surface area (Å²) >= 11 is 0. The molecule has 21 heavy (non-hydrogen) atoms. The second-order valence-corrected chi connectivity index (χ2v) is 5.33. The van der Waals surface area contributed by atoms with E-state index >= 15 is 0 Å². The average Bonchev–Trinajstić information content (AvgIpc) is 2.54. The molecule has 110 valence electrons. The zero-order valence-electron chi connectivity index (χ0n) is 12.6. The smallest absolute Gasteiger partial charge is 0.130 e. The molecule has 0 saturated heterocycles. The van der Waals surface area contributed by atoms with Crippen molar-refractivity contribution in [2.75, 3.05) is 20.7 Å². The summed E-state index contributed by atoms with van der Waals surface area (Å²) in [5, 5.41) is 3.20. The average molecular weight is 283 g/mol. The molecule has 3 nitrogen and oxygen atoms in total. The Hall–Kier alpha value is -2.00. The number of methoxy groups -OCH3 is 1. The molecule has 0 amide bonds. The SMILES string of the molecule is CNC[C@@H]1CCc2cccc(-c3ccccc3OC)c2O1. The van der Waals surface area contributed by atoms with Gasteiger partial charge in [0.15, 0.2) is 0 Å². The van der Waals surface area contributed by atoms with E-state index in [1.54, 1.807) is 7.11 Å². The van der Waals surface area contributed by atoms with Gasteiger partial charge in [-0.15, -0.1) is 0 Å². The van der Waals surface area contributed by atoms with Crippen LogP contribution >= 0.6 is 0 Å². The predicted molar refractivity (Wildman–Crippen MR) is 85.1 cm³/mol. The summed E-state index contributed by atoms with van der Waals surface area (Å²) in [5.41, 5.74) is 3.48. The van der Waals surface area contributed by atoms with Gasteiger partial charge in [0, 0.05) is 17.7 Å². The number of benzene rings is 2. The third-order valence-electron chi connectivity index (χ3n) is 3.95. The van der Waals surface area contributed by atoms with Gasteiger partial charge in [-0.25, -0.2) is 0 Å². The van der Waals surface area contributed by atoms with Crippen LogP contribution in [0.5, 0.6) is 11.5 Å². The molecule has 0 aliphatic carbocycles. The fraction of sp³-hybridized carbons (Fsp3) is 0.333. The van der Waals surface area contributed by atoms with Gasteiger partial charge < -0.3 is 14.8 Å². The van der Waals surface area contributed by atoms with Gasteiger partial charge in [-0.05, 0) is 31.5 Å². The van der Waals surface area contributed by atoms with Crippen LogP contribution in [0.15, 0.2) is 42.5 Å². The lowest BCUT2D eigenvalue weighted by Gasteiger charge is -2.28. The summed E-state index contributed by atoms with van der Waals surface area (Å²) in [4.78, 5) is 0.